The number of hydrogen-bond acceptors (Lipinski definition) is 5. The van der Waals surface area contributed by atoms with Gasteiger partial charge in [0.15, 0.2) is 0 Å². The van der Waals surface area contributed by atoms with Crippen LogP contribution in [0.3, 0.4) is 0 Å². The standard InChI is InChI=1S/C16H14ClN3O4/c1-24-15-7-6-11(8-13(15)17)10-18-19-16(21)9-12-4-2-3-5-14(12)20(22)23/h2-8,10H,9H2,1H3,(H,19,21)/b18-10+. The number of ether oxygens (including phenoxy) is 1. The fourth-order valence-electron chi connectivity index (χ4n) is 1.99. The summed E-state index contributed by atoms with van der Waals surface area (Å²) in [5.41, 5.74) is 3.22. The molecule has 1 N–H and O–H groups in total. The van der Waals surface area contributed by atoms with Crippen LogP contribution in [0.4, 0.5) is 5.69 Å². The molecule has 0 unspecified atom stereocenters. The van der Waals surface area contributed by atoms with Gasteiger partial charge in [-0.2, -0.15) is 5.10 Å². The maximum Gasteiger partial charge on any atom is 0.273 e. The van der Waals surface area contributed by atoms with Gasteiger partial charge in [0.05, 0.1) is 29.7 Å². The molecular weight excluding hydrogens is 334 g/mol. The lowest BCUT2D eigenvalue weighted by Gasteiger charge is -2.03. The van der Waals surface area contributed by atoms with Gasteiger partial charge in [-0.15, -0.1) is 0 Å². The molecule has 0 radical (unpaired) electrons. The number of carbonyl (C=O) groups is 1. The number of nitro benzene ring substituents is 1. The zero-order valence-electron chi connectivity index (χ0n) is 12.7. The van der Waals surface area contributed by atoms with Crippen molar-refractivity contribution in [2.75, 3.05) is 7.11 Å². The molecule has 2 rings (SSSR count). The number of carbonyl (C=O) groups excluding carboxylic acids is 1. The van der Waals surface area contributed by atoms with Crippen LogP contribution in [-0.4, -0.2) is 24.2 Å². The highest BCUT2D eigenvalue weighted by Gasteiger charge is 2.14. The minimum absolute atomic E-state index is 0.0986. The third-order valence-corrected chi connectivity index (χ3v) is 3.41. The molecule has 124 valence electrons. The quantitative estimate of drug-likeness (QED) is 0.494. The Morgan fingerprint density at radius 1 is 1.38 bits per heavy atom. The molecule has 0 saturated carbocycles. The Labute approximate surface area is 143 Å². The molecule has 0 bridgehead atoms. The predicted octanol–water partition coefficient (Wildman–Crippen LogP) is 2.95. The van der Waals surface area contributed by atoms with E-state index in [1.165, 1.54) is 25.5 Å². The van der Waals surface area contributed by atoms with Crippen LogP contribution in [0.5, 0.6) is 5.75 Å². The number of hydrazone groups is 1. The molecule has 0 fully saturated rings. The minimum Gasteiger partial charge on any atom is -0.495 e. The molecule has 1 amide bonds. The smallest absolute Gasteiger partial charge is 0.273 e. The van der Waals surface area contributed by atoms with Crippen LogP contribution in [-0.2, 0) is 11.2 Å². The van der Waals surface area contributed by atoms with Gasteiger partial charge in [-0.25, -0.2) is 5.43 Å². The molecule has 0 heterocycles. The number of benzene rings is 2. The Bertz CT molecular complexity index is 793. The first-order valence-electron chi connectivity index (χ1n) is 6.89. The number of nitro groups is 1. The second-order valence-electron chi connectivity index (χ2n) is 4.75. The lowest BCUT2D eigenvalue weighted by Crippen LogP contribution is -2.20. The predicted molar refractivity (Wildman–Crippen MR) is 90.5 cm³/mol. The Morgan fingerprint density at radius 2 is 2.12 bits per heavy atom. The summed E-state index contributed by atoms with van der Waals surface area (Å²) in [5, 5.41) is 15.1. The van der Waals surface area contributed by atoms with Gasteiger partial charge in [0.25, 0.3) is 5.69 Å². The molecule has 0 saturated heterocycles. The summed E-state index contributed by atoms with van der Waals surface area (Å²) >= 11 is 5.99. The molecule has 7 nitrogen and oxygen atoms in total. The van der Waals surface area contributed by atoms with E-state index in [2.05, 4.69) is 10.5 Å². The molecule has 0 aliphatic heterocycles. The number of nitrogens with zero attached hydrogens (tertiary/aromatic N) is 2. The molecule has 2 aromatic rings. The van der Waals surface area contributed by atoms with Crippen LogP contribution in [0.2, 0.25) is 5.02 Å². The number of methoxy groups -OCH3 is 1. The maximum absolute atomic E-state index is 11.9. The first kappa shape index (κ1) is 17.4. The number of nitrogens with one attached hydrogen (secondary N) is 1. The topological polar surface area (TPSA) is 93.8 Å². The van der Waals surface area contributed by atoms with Crippen molar-refractivity contribution >= 4 is 29.4 Å². The molecule has 0 aliphatic rings. The Hall–Kier alpha value is -2.93. The van der Waals surface area contributed by atoms with Gasteiger partial charge in [0, 0.05) is 11.6 Å². The molecule has 0 spiro atoms. The SMILES string of the molecule is COc1ccc(/C=N/NC(=O)Cc2ccccc2[N+](=O)[O-])cc1Cl. The largest absolute Gasteiger partial charge is 0.495 e. The van der Waals surface area contributed by atoms with Crippen LogP contribution in [0.25, 0.3) is 0 Å². The highest BCUT2D eigenvalue weighted by molar-refractivity contribution is 6.32. The van der Waals surface area contributed by atoms with Crippen molar-refractivity contribution < 1.29 is 14.5 Å². The van der Waals surface area contributed by atoms with Crippen LogP contribution < -0.4 is 10.2 Å². The van der Waals surface area contributed by atoms with Crippen molar-refractivity contribution in [1.29, 1.82) is 0 Å². The third-order valence-electron chi connectivity index (χ3n) is 3.12. The van der Waals surface area contributed by atoms with Crippen LogP contribution in [0, 0.1) is 10.1 Å². The molecule has 24 heavy (non-hydrogen) atoms. The fourth-order valence-corrected chi connectivity index (χ4v) is 2.26. The zero-order chi connectivity index (χ0) is 17.5. The molecule has 0 aromatic heterocycles. The van der Waals surface area contributed by atoms with Crippen molar-refractivity contribution in [3.63, 3.8) is 0 Å². The normalized spacial score (nSPS) is 10.6. The molecule has 2 aromatic carbocycles. The van der Waals surface area contributed by atoms with E-state index in [1.54, 1.807) is 30.3 Å². The third kappa shape index (κ3) is 4.53. The van der Waals surface area contributed by atoms with Crippen LogP contribution in [0.15, 0.2) is 47.6 Å². The monoisotopic (exact) mass is 347 g/mol. The number of halogens is 1. The molecule has 0 aliphatic carbocycles. The van der Waals surface area contributed by atoms with Crippen LogP contribution in [0.1, 0.15) is 11.1 Å². The number of hydrogen-bond donors (Lipinski definition) is 1. The summed E-state index contributed by atoms with van der Waals surface area (Å²) in [7, 11) is 1.51. The minimum atomic E-state index is -0.523. The summed E-state index contributed by atoms with van der Waals surface area (Å²) < 4.78 is 5.04. The number of para-hydroxylation sites is 1. The average molecular weight is 348 g/mol. The van der Waals surface area contributed by atoms with Gasteiger partial charge in [-0.05, 0) is 23.8 Å². The summed E-state index contributed by atoms with van der Waals surface area (Å²) in [6, 6.07) is 11.1. The fraction of sp³-hybridized carbons (Fsp3) is 0.125. The number of rotatable bonds is 6. The highest BCUT2D eigenvalue weighted by Crippen LogP contribution is 2.24. The van der Waals surface area contributed by atoms with Gasteiger partial charge in [0.1, 0.15) is 5.75 Å². The van der Waals surface area contributed by atoms with Gasteiger partial charge in [-0.3, -0.25) is 14.9 Å². The van der Waals surface area contributed by atoms with E-state index in [-0.39, 0.29) is 12.1 Å². The highest BCUT2D eigenvalue weighted by atomic mass is 35.5. The molecular formula is C16H14ClN3O4. The lowest BCUT2D eigenvalue weighted by molar-refractivity contribution is -0.385. The first-order valence-corrected chi connectivity index (χ1v) is 7.27. The average Bonchev–Trinajstić information content (AvgIpc) is 2.55. The van der Waals surface area contributed by atoms with Crippen LogP contribution >= 0.6 is 11.6 Å². The Morgan fingerprint density at radius 3 is 2.79 bits per heavy atom. The summed E-state index contributed by atoms with van der Waals surface area (Å²) in [6.45, 7) is 0. The van der Waals surface area contributed by atoms with E-state index < -0.39 is 10.8 Å². The summed E-state index contributed by atoms with van der Waals surface area (Å²) in [4.78, 5) is 22.2. The van der Waals surface area contributed by atoms with E-state index in [1.807, 2.05) is 0 Å². The van der Waals surface area contributed by atoms with Crippen molar-refractivity contribution in [2.24, 2.45) is 5.10 Å². The van der Waals surface area contributed by atoms with E-state index in [0.29, 0.717) is 21.9 Å². The molecule has 0 atom stereocenters. The second kappa shape index (κ2) is 8.07. The summed E-state index contributed by atoms with van der Waals surface area (Å²) in [6.07, 6.45) is 1.28. The lowest BCUT2D eigenvalue weighted by atomic mass is 10.1. The Kier molecular flexibility index (Phi) is 5.86. The van der Waals surface area contributed by atoms with Gasteiger partial charge >= 0.3 is 0 Å². The van der Waals surface area contributed by atoms with Gasteiger partial charge in [0.2, 0.25) is 5.91 Å². The number of amides is 1. The van der Waals surface area contributed by atoms with Crippen molar-refractivity contribution in [3.05, 3.63) is 68.7 Å². The Balaban J connectivity index is 1.98. The van der Waals surface area contributed by atoms with Gasteiger partial charge < -0.3 is 4.74 Å². The van der Waals surface area contributed by atoms with Crippen molar-refractivity contribution in [3.8, 4) is 5.75 Å². The maximum atomic E-state index is 11.9. The van der Waals surface area contributed by atoms with Gasteiger partial charge in [-0.1, -0.05) is 29.8 Å². The summed E-state index contributed by atoms with van der Waals surface area (Å²) in [5.74, 6) is 0.0781. The van der Waals surface area contributed by atoms with E-state index >= 15 is 0 Å². The van der Waals surface area contributed by atoms with Crippen molar-refractivity contribution in [2.45, 2.75) is 6.42 Å². The zero-order valence-corrected chi connectivity index (χ0v) is 13.5. The first-order chi connectivity index (χ1) is 11.5. The molecule has 8 heteroatoms. The van der Waals surface area contributed by atoms with E-state index in [0.717, 1.165) is 0 Å². The second-order valence-corrected chi connectivity index (χ2v) is 5.16. The van der Waals surface area contributed by atoms with E-state index in [9.17, 15) is 14.9 Å². The van der Waals surface area contributed by atoms with E-state index in [4.69, 9.17) is 16.3 Å². The van der Waals surface area contributed by atoms with Crippen molar-refractivity contribution in [1.82, 2.24) is 5.43 Å².